The number of pyridine rings is 1. The Balaban J connectivity index is 1.86. The highest BCUT2D eigenvalue weighted by Gasteiger charge is 2.24. The molecule has 0 spiro atoms. The molecular weight excluding hydrogens is 374 g/mol. The van der Waals surface area contributed by atoms with Crippen molar-refractivity contribution in [3.8, 4) is 28.4 Å². The largest absolute Gasteiger partial charge is 0.491 e. The van der Waals surface area contributed by atoms with Crippen molar-refractivity contribution in [1.29, 1.82) is 0 Å². The highest BCUT2D eigenvalue weighted by molar-refractivity contribution is 5.70. The van der Waals surface area contributed by atoms with Crippen LogP contribution in [0.15, 0.2) is 30.3 Å². The fourth-order valence-corrected chi connectivity index (χ4v) is 4.20. The first-order chi connectivity index (χ1) is 14.3. The molecule has 1 aliphatic rings. The van der Waals surface area contributed by atoms with E-state index in [9.17, 15) is 0 Å². The Labute approximate surface area is 179 Å². The second-order valence-electron chi connectivity index (χ2n) is 8.56. The number of hydrogen-bond donors (Lipinski definition) is 0. The topological polar surface area (TPSA) is 49.2 Å². The first-order valence-electron chi connectivity index (χ1n) is 10.8. The molecule has 0 fully saturated rings. The van der Waals surface area contributed by atoms with Crippen molar-refractivity contribution in [2.75, 3.05) is 6.61 Å². The molecule has 5 heteroatoms. The average molecular weight is 406 g/mol. The number of ether oxygens (including phenoxy) is 2. The molecule has 1 atom stereocenters. The highest BCUT2D eigenvalue weighted by Crippen LogP contribution is 2.34. The molecule has 0 aliphatic carbocycles. The highest BCUT2D eigenvalue weighted by atomic mass is 16.5. The third kappa shape index (κ3) is 4.12. The molecule has 4 rings (SSSR count). The van der Waals surface area contributed by atoms with Crippen LogP contribution >= 0.6 is 0 Å². The summed E-state index contributed by atoms with van der Waals surface area (Å²) in [5.41, 5.74) is 7.65. The summed E-state index contributed by atoms with van der Waals surface area (Å²) in [4.78, 5) is 9.70. The SMILES string of the molecule is Cc1cc(-c2nc(-c3ccc(OC(C)C)c(C)c3)n3c2CCO[C@H](C)C3)cc(C)n1. The summed E-state index contributed by atoms with van der Waals surface area (Å²) in [7, 11) is 0. The Morgan fingerprint density at radius 3 is 2.43 bits per heavy atom. The maximum atomic E-state index is 5.98. The van der Waals surface area contributed by atoms with Gasteiger partial charge < -0.3 is 14.0 Å². The summed E-state index contributed by atoms with van der Waals surface area (Å²) in [5.74, 6) is 1.91. The van der Waals surface area contributed by atoms with Crippen LogP contribution in [0, 0.1) is 20.8 Å². The van der Waals surface area contributed by atoms with E-state index in [1.165, 1.54) is 5.69 Å². The Morgan fingerprint density at radius 2 is 1.77 bits per heavy atom. The molecule has 0 saturated heterocycles. The first-order valence-corrected chi connectivity index (χ1v) is 10.8. The molecule has 2 aromatic heterocycles. The van der Waals surface area contributed by atoms with Gasteiger partial charge in [-0.3, -0.25) is 4.98 Å². The Bertz CT molecular complexity index is 1050. The van der Waals surface area contributed by atoms with Crippen LogP contribution in [0.2, 0.25) is 0 Å². The molecule has 158 valence electrons. The van der Waals surface area contributed by atoms with Gasteiger partial charge in [0.2, 0.25) is 0 Å². The average Bonchev–Trinajstić information content (AvgIpc) is 2.89. The number of aryl methyl sites for hydroxylation is 3. The van der Waals surface area contributed by atoms with Crippen molar-refractivity contribution in [3.05, 3.63) is 53.0 Å². The molecule has 0 amide bonds. The van der Waals surface area contributed by atoms with E-state index in [1.807, 2.05) is 27.7 Å². The van der Waals surface area contributed by atoms with Crippen molar-refractivity contribution >= 4 is 0 Å². The van der Waals surface area contributed by atoms with Crippen LogP contribution in [0.25, 0.3) is 22.6 Å². The van der Waals surface area contributed by atoms with E-state index in [2.05, 4.69) is 53.7 Å². The van der Waals surface area contributed by atoms with E-state index >= 15 is 0 Å². The van der Waals surface area contributed by atoms with Gasteiger partial charge in [-0.25, -0.2) is 4.98 Å². The molecule has 1 aliphatic heterocycles. The minimum Gasteiger partial charge on any atom is -0.491 e. The second kappa shape index (κ2) is 8.23. The van der Waals surface area contributed by atoms with Crippen molar-refractivity contribution < 1.29 is 9.47 Å². The quantitative estimate of drug-likeness (QED) is 0.592. The number of nitrogens with zero attached hydrogens (tertiary/aromatic N) is 3. The molecule has 1 aromatic carbocycles. The lowest BCUT2D eigenvalue weighted by Gasteiger charge is -2.15. The molecule has 0 saturated carbocycles. The van der Waals surface area contributed by atoms with Gasteiger partial charge in [-0.1, -0.05) is 0 Å². The maximum absolute atomic E-state index is 5.98. The lowest BCUT2D eigenvalue weighted by atomic mass is 10.1. The van der Waals surface area contributed by atoms with Crippen molar-refractivity contribution in [3.63, 3.8) is 0 Å². The van der Waals surface area contributed by atoms with Crippen LogP contribution < -0.4 is 4.74 Å². The van der Waals surface area contributed by atoms with Gasteiger partial charge in [0, 0.05) is 34.6 Å². The molecule has 3 aromatic rings. The minimum atomic E-state index is 0.151. The van der Waals surface area contributed by atoms with Crippen LogP contribution in [0.5, 0.6) is 5.75 Å². The second-order valence-corrected chi connectivity index (χ2v) is 8.56. The number of imidazole rings is 1. The molecule has 5 nitrogen and oxygen atoms in total. The zero-order valence-electron chi connectivity index (χ0n) is 18.8. The van der Waals surface area contributed by atoms with Crippen LogP contribution in [0.4, 0.5) is 0 Å². The summed E-state index contributed by atoms with van der Waals surface area (Å²) in [6, 6.07) is 10.6. The van der Waals surface area contributed by atoms with Gasteiger partial charge in [-0.05, 0) is 77.4 Å². The number of rotatable bonds is 4. The van der Waals surface area contributed by atoms with Crippen molar-refractivity contribution in [2.24, 2.45) is 0 Å². The standard InChI is InChI=1S/C25H31N3O2/c1-15(2)30-23-8-7-20(11-16(23)3)25-27-24(21-12-17(4)26-18(5)13-21)22-9-10-29-19(6)14-28(22)25/h7-8,11-13,15,19H,9-10,14H2,1-6H3/t19-/m1/s1. The zero-order chi connectivity index (χ0) is 21.4. The van der Waals surface area contributed by atoms with Gasteiger partial charge in [0.15, 0.2) is 0 Å². The predicted octanol–water partition coefficient (Wildman–Crippen LogP) is 5.29. The van der Waals surface area contributed by atoms with E-state index < -0.39 is 0 Å². The lowest BCUT2D eigenvalue weighted by Crippen LogP contribution is -2.15. The number of hydrogen-bond acceptors (Lipinski definition) is 4. The van der Waals surface area contributed by atoms with E-state index in [4.69, 9.17) is 14.5 Å². The summed E-state index contributed by atoms with van der Waals surface area (Å²) in [6.45, 7) is 13.9. The third-order valence-corrected chi connectivity index (χ3v) is 5.40. The number of benzene rings is 1. The minimum absolute atomic E-state index is 0.151. The summed E-state index contributed by atoms with van der Waals surface area (Å²) < 4.78 is 14.3. The summed E-state index contributed by atoms with van der Waals surface area (Å²) in [6.07, 6.45) is 1.15. The lowest BCUT2D eigenvalue weighted by molar-refractivity contribution is 0.0666. The van der Waals surface area contributed by atoms with E-state index in [0.717, 1.165) is 58.3 Å². The Kier molecular flexibility index (Phi) is 5.65. The van der Waals surface area contributed by atoms with Crippen LogP contribution in [0.1, 0.15) is 43.4 Å². The van der Waals surface area contributed by atoms with Crippen molar-refractivity contribution in [1.82, 2.24) is 14.5 Å². The van der Waals surface area contributed by atoms with Crippen LogP contribution in [0.3, 0.4) is 0 Å². The van der Waals surface area contributed by atoms with Gasteiger partial charge in [0.05, 0.1) is 31.1 Å². The van der Waals surface area contributed by atoms with Crippen LogP contribution in [-0.2, 0) is 17.7 Å². The molecule has 3 heterocycles. The molecule has 30 heavy (non-hydrogen) atoms. The smallest absolute Gasteiger partial charge is 0.140 e. The number of fused-ring (bicyclic) bond motifs is 1. The molecule has 0 N–H and O–H groups in total. The monoisotopic (exact) mass is 405 g/mol. The summed E-state index contributed by atoms with van der Waals surface area (Å²) >= 11 is 0. The fraction of sp³-hybridized carbons (Fsp3) is 0.440. The predicted molar refractivity (Wildman–Crippen MR) is 120 cm³/mol. The van der Waals surface area contributed by atoms with Gasteiger partial charge in [0.25, 0.3) is 0 Å². The molecule has 0 radical (unpaired) electrons. The molecule has 0 bridgehead atoms. The Morgan fingerprint density at radius 1 is 1.03 bits per heavy atom. The van der Waals surface area contributed by atoms with Gasteiger partial charge >= 0.3 is 0 Å². The van der Waals surface area contributed by atoms with Crippen molar-refractivity contribution in [2.45, 2.75) is 66.7 Å². The van der Waals surface area contributed by atoms with Gasteiger partial charge in [-0.15, -0.1) is 0 Å². The van der Waals surface area contributed by atoms with E-state index in [1.54, 1.807) is 0 Å². The normalized spacial score (nSPS) is 16.4. The zero-order valence-corrected chi connectivity index (χ0v) is 18.8. The fourth-order valence-electron chi connectivity index (χ4n) is 4.20. The molecular formula is C25H31N3O2. The third-order valence-electron chi connectivity index (χ3n) is 5.40. The summed E-state index contributed by atoms with van der Waals surface area (Å²) in [5, 5.41) is 0. The van der Waals surface area contributed by atoms with E-state index in [0.29, 0.717) is 6.61 Å². The first kappa shape index (κ1) is 20.6. The van der Waals surface area contributed by atoms with Gasteiger partial charge in [0.1, 0.15) is 11.6 Å². The maximum Gasteiger partial charge on any atom is 0.140 e. The van der Waals surface area contributed by atoms with Gasteiger partial charge in [-0.2, -0.15) is 0 Å². The van der Waals surface area contributed by atoms with Crippen LogP contribution in [-0.4, -0.2) is 33.3 Å². The Hall–Kier alpha value is -2.66. The van der Waals surface area contributed by atoms with E-state index in [-0.39, 0.29) is 12.2 Å². The number of aromatic nitrogens is 3. The molecule has 0 unspecified atom stereocenters.